The summed E-state index contributed by atoms with van der Waals surface area (Å²) in [5.74, 6) is -0.759. The van der Waals surface area contributed by atoms with Gasteiger partial charge < -0.3 is 5.32 Å². The minimum Gasteiger partial charge on any atom is -0.376 e. The molecule has 1 atom stereocenters. The van der Waals surface area contributed by atoms with E-state index < -0.39 is 5.82 Å². The maximum Gasteiger partial charge on any atom is 0.146 e. The third-order valence-electron chi connectivity index (χ3n) is 2.53. The Morgan fingerprint density at radius 1 is 1.22 bits per heavy atom. The summed E-state index contributed by atoms with van der Waals surface area (Å²) >= 11 is 3.28. The molecule has 0 spiro atoms. The van der Waals surface area contributed by atoms with E-state index in [9.17, 15) is 8.78 Å². The molecule has 94 valence electrons. The minimum atomic E-state index is -0.407. The Bertz CT molecular complexity index is 560. The van der Waals surface area contributed by atoms with Crippen LogP contribution >= 0.6 is 15.9 Å². The van der Waals surface area contributed by atoms with Crippen LogP contribution in [0.1, 0.15) is 18.5 Å². The van der Waals surface area contributed by atoms with Crippen molar-refractivity contribution in [1.82, 2.24) is 4.98 Å². The van der Waals surface area contributed by atoms with Crippen LogP contribution in [0.15, 0.2) is 41.1 Å². The van der Waals surface area contributed by atoms with Crippen molar-refractivity contribution in [2.24, 2.45) is 0 Å². The van der Waals surface area contributed by atoms with Crippen molar-refractivity contribution in [2.75, 3.05) is 5.32 Å². The van der Waals surface area contributed by atoms with E-state index in [1.54, 1.807) is 18.3 Å². The van der Waals surface area contributed by atoms with Crippen LogP contribution in [0.25, 0.3) is 0 Å². The molecule has 2 nitrogen and oxygen atoms in total. The van der Waals surface area contributed by atoms with Crippen molar-refractivity contribution < 1.29 is 8.78 Å². The highest BCUT2D eigenvalue weighted by Crippen LogP contribution is 2.24. The highest BCUT2D eigenvalue weighted by Gasteiger charge is 2.10. The molecule has 0 aliphatic carbocycles. The Morgan fingerprint density at radius 2 is 2.00 bits per heavy atom. The average molecular weight is 313 g/mol. The Balaban J connectivity index is 2.21. The first kappa shape index (κ1) is 13.0. The summed E-state index contributed by atoms with van der Waals surface area (Å²) in [7, 11) is 0. The zero-order valence-corrected chi connectivity index (χ0v) is 11.2. The van der Waals surface area contributed by atoms with Gasteiger partial charge in [-0.25, -0.2) is 8.78 Å². The first-order valence-corrected chi connectivity index (χ1v) is 6.17. The number of nitrogens with zero attached hydrogens (tertiary/aromatic N) is 1. The van der Waals surface area contributed by atoms with Gasteiger partial charge >= 0.3 is 0 Å². The lowest BCUT2D eigenvalue weighted by Gasteiger charge is -2.16. The van der Waals surface area contributed by atoms with E-state index in [1.165, 1.54) is 12.1 Å². The van der Waals surface area contributed by atoms with Crippen LogP contribution in [0.3, 0.4) is 0 Å². The van der Waals surface area contributed by atoms with E-state index in [4.69, 9.17) is 0 Å². The van der Waals surface area contributed by atoms with Crippen LogP contribution in [0, 0.1) is 11.6 Å². The van der Waals surface area contributed by atoms with E-state index >= 15 is 0 Å². The third-order valence-corrected chi connectivity index (χ3v) is 3.02. The standard InChI is InChI=1S/C13H11BrF2N2/c1-8(9-4-11(15)7-17-6-9)18-13-5-10(14)2-3-12(13)16/h2-8,18H,1H3. The van der Waals surface area contributed by atoms with Gasteiger partial charge in [0.2, 0.25) is 0 Å². The summed E-state index contributed by atoms with van der Waals surface area (Å²) in [5.41, 5.74) is 1.02. The molecule has 0 aliphatic heterocycles. The fourth-order valence-corrected chi connectivity index (χ4v) is 1.95. The molecule has 0 aliphatic rings. The maximum absolute atomic E-state index is 13.6. The zero-order chi connectivity index (χ0) is 13.1. The lowest BCUT2D eigenvalue weighted by atomic mass is 10.1. The topological polar surface area (TPSA) is 24.9 Å². The van der Waals surface area contributed by atoms with Crippen molar-refractivity contribution in [3.63, 3.8) is 0 Å². The van der Waals surface area contributed by atoms with Crippen LogP contribution in [0.4, 0.5) is 14.5 Å². The largest absolute Gasteiger partial charge is 0.376 e. The van der Waals surface area contributed by atoms with Gasteiger partial charge in [-0.2, -0.15) is 0 Å². The van der Waals surface area contributed by atoms with Crippen molar-refractivity contribution >= 4 is 21.6 Å². The van der Waals surface area contributed by atoms with Gasteiger partial charge in [0.05, 0.1) is 17.9 Å². The van der Waals surface area contributed by atoms with E-state index in [1.807, 2.05) is 6.92 Å². The zero-order valence-electron chi connectivity index (χ0n) is 9.62. The van der Waals surface area contributed by atoms with Gasteiger partial charge in [-0.3, -0.25) is 4.98 Å². The number of hydrogen-bond acceptors (Lipinski definition) is 2. The van der Waals surface area contributed by atoms with Gasteiger partial charge in [0.25, 0.3) is 0 Å². The molecule has 0 amide bonds. The van der Waals surface area contributed by atoms with Gasteiger partial charge in [0.15, 0.2) is 0 Å². The number of benzene rings is 1. The molecule has 18 heavy (non-hydrogen) atoms. The summed E-state index contributed by atoms with van der Waals surface area (Å²) in [4.78, 5) is 3.77. The molecule has 0 saturated heterocycles. The van der Waals surface area contributed by atoms with Gasteiger partial charge in [-0.15, -0.1) is 0 Å². The highest BCUT2D eigenvalue weighted by molar-refractivity contribution is 9.10. The molecular weight excluding hydrogens is 302 g/mol. The molecule has 1 unspecified atom stereocenters. The first-order valence-electron chi connectivity index (χ1n) is 5.38. The summed E-state index contributed by atoms with van der Waals surface area (Å²) < 4.78 is 27.4. The molecule has 0 bridgehead atoms. The number of hydrogen-bond donors (Lipinski definition) is 1. The van der Waals surface area contributed by atoms with Crippen molar-refractivity contribution in [1.29, 1.82) is 0 Å². The van der Waals surface area contributed by atoms with E-state index in [-0.39, 0.29) is 11.9 Å². The molecule has 2 rings (SSSR count). The SMILES string of the molecule is CC(Nc1cc(Br)ccc1F)c1cncc(F)c1. The normalized spacial score (nSPS) is 12.2. The number of nitrogens with one attached hydrogen (secondary N) is 1. The van der Waals surface area contributed by atoms with Crippen LogP contribution < -0.4 is 5.32 Å². The third kappa shape index (κ3) is 3.04. The molecule has 5 heteroatoms. The van der Waals surface area contributed by atoms with Gasteiger partial charge in [-0.1, -0.05) is 15.9 Å². The molecule has 0 radical (unpaired) electrons. The van der Waals surface area contributed by atoms with Crippen molar-refractivity contribution in [3.05, 3.63) is 58.3 Å². The second kappa shape index (κ2) is 5.44. The number of anilines is 1. The molecule has 1 heterocycles. The minimum absolute atomic E-state index is 0.239. The van der Waals surface area contributed by atoms with Gasteiger partial charge in [-0.05, 0) is 36.8 Å². The first-order chi connectivity index (χ1) is 8.56. The second-order valence-corrected chi connectivity index (χ2v) is 4.84. The quantitative estimate of drug-likeness (QED) is 0.914. The monoisotopic (exact) mass is 312 g/mol. The average Bonchev–Trinajstić information content (AvgIpc) is 2.34. The summed E-state index contributed by atoms with van der Waals surface area (Å²) in [6.07, 6.45) is 2.69. The molecule has 1 aromatic carbocycles. The van der Waals surface area contributed by atoms with Crippen LogP contribution in [0.2, 0.25) is 0 Å². The lowest BCUT2D eigenvalue weighted by Crippen LogP contribution is -2.08. The maximum atomic E-state index is 13.6. The van der Waals surface area contributed by atoms with E-state index in [0.29, 0.717) is 11.3 Å². The fourth-order valence-electron chi connectivity index (χ4n) is 1.59. The van der Waals surface area contributed by atoms with E-state index in [0.717, 1.165) is 10.7 Å². The summed E-state index contributed by atoms with van der Waals surface area (Å²) in [6.45, 7) is 1.82. The summed E-state index contributed by atoms with van der Waals surface area (Å²) in [6, 6.07) is 5.76. The summed E-state index contributed by atoms with van der Waals surface area (Å²) in [5, 5.41) is 2.98. The van der Waals surface area contributed by atoms with Crippen molar-refractivity contribution in [3.8, 4) is 0 Å². The number of aromatic nitrogens is 1. The molecule has 1 N–H and O–H groups in total. The fraction of sp³-hybridized carbons (Fsp3) is 0.154. The Kier molecular flexibility index (Phi) is 3.91. The Morgan fingerprint density at radius 3 is 2.72 bits per heavy atom. The predicted molar refractivity (Wildman–Crippen MR) is 70.3 cm³/mol. The van der Waals surface area contributed by atoms with Crippen molar-refractivity contribution in [2.45, 2.75) is 13.0 Å². The van der Waals surface area contributed by atoms with Crippen LogP contribution in [-0.4, -0.2) is 4.98 Å². The van der Waals surface area contributed by atoms with E-state index in [2.05, 4.69) is 26.2 Å². The molecule has 2 aromatic rings. The second-order valence-electron chi connectivity index (χ2n) is 3.93. The van der Waals surface area contributed by atoms with Gasteiger partial charge in [0, 0.05) is 10.7 Å². The molecule has 0 fully saturated rings. The highest BCUT2D eigenvalue weighted by atomic mass is 79.9. The van der Waals surface area contributed by atoms with Crippen LogP contribution in [-0.2, 0) is 0 Å². The number of pyridine rings is 1. The lowest BCUT2D eigenvalue weighted by molar-refractivity contribution is 0.614. The Hall–Kier alpha value is -1.49. The van der Waals surface area contributed by atoms with Gasteiger partial charge in [0.1, 0.15) is 11.6 Å². The molecular formula is C13H11BrF2N2. The number of rotatable bonds is 3. The Labute approximate surface area is 112 Å². The molecule has 1 aromatic heterocycles. The smallest absolute Gasteiger partial charge is 0.146 e. The molecule has 0 saturated carbocycles. The number of halogens is 3. The van der Waals surface area contributed by atoms with Crippen LogP contribution in [0.5, 0.6) is 0 Å². The predicted octanol–water partition coefficient (Wildman–Crippen LogP) is 4.30.